The number of amides is 1. The summed E-state index contributed by atoms with van der Waals surface area (Å²) in [5.74, 6) is 0.811. The highest BCUT2D eigenvalue weighted by Crippen LogP contribution is 2.22. The van der Waals surface area contributed by atoms with Gasteiger partial charge in [0.05, 0.1) is 18.3 Å². The van der Waals surface area contributed by atoms with E-state index >= 15 is 0 Å². The minimum absolute atomic E-state index is 0.117. The minimum Gasteiger partial charge on any atom is -0.368 e. The first-order valence-corrected chi connectivity index (χ1v) is 9.80. The van der Waals surface area contributed by atoms with E-state index in [4.69, 9.17) is 5.73 Å². The van der Waals surface area contributed by atoms with Gasteiger partial charge < -0.3 is 16.4 Å². The predicted molar refractivity (Wildman–Crippen MR) is 118 cm³/mol. The summed E-state index contributed by atoms with van der Waals surface area (Å²) in [5.41, 5.74) is 7.43. The molecule has 8 nitrogen and oxygen atoms in total. The maximum Gasteiger partial charge on any atom is 0.238 e. The van der Waals surface area contributed by atoms with Gasteiger partial charge in [-0.15, -0.1) is 0 Å². The Hall–Kier alpha value is -3.04. The molecule has 0 saturated carbocycles. The lowest BCUT2D eigenvalue weighted by atomic mass is 10.2. The summed E-state index contributed by atoms with van der Waals surface area (Å²) in [5, 5.41) is 6.00. The summed E-state index contributed by atoms with van der Waals surface area (Å²) >= 11 is 3.42. The molecule has 0 aliphatic heterocycles. The summed E-state index contributed by atoms with van der Waals surface area (Å²) in [6.45, 7) is 2.07. The Kier molecular flexibility index (Phi) is 6.73. The number of aromatic nitrogens is 3. The molecule has 9 heteroatoms. The molecule has 1 amide bonds. The first-order valence-electron chi connectivity index (χ1n) is 9.00. The number of likely N-dealkylation sites (N-methyl/N-ethyl adjacent to an activating group) is 1. The van der Waals surface area contributed by atoms with E-state index in [1.165, 1.54) is 0 Å². The van der Waals surface area contributed by atoms with Gasteiger partial charge in [-0.1, -0.05) is 30.3 Å². The Bertz CT molecular complexity index is 984. The van der Waals surface area contributed by atoms with Crippen LogP contribution in [-0.2, 0) is 4.79 Å². The Morgan fingerprint density at radius 3 is 2.52 bits per heavy atom. The number of anilines is 4. The fraction of sp³-hybridized carbons (Fsp3) is 0.200. The number of carbonyl (C=O) groups is 1. The number of halogens is 1. The van der Waals surface area contributed by atoms with Gasteiger partial charge in [0, 0.05) is 10.2 Å². The first kappa shape index (κ1) is 20.7. The third kappa shape index (κ3) is 5.72. The van der Waals surface area contributed by atoms with Crippen molar-refractivity contribution in [3.8, 4) is 0 Å². The van der Waals surface area contributed by atoms with Crippen molar-refractivity contribution in [1.82, 2.24) is 19.9 Å². The average molecular weight is 456 g/mol. The lowest BCUT2D eigenvalue weighted by Gasteiger charge is -2.23. The van der Waals surface area contributed by atoms with E-state index in [2.05, 4.69) is 41.5 Å². The summed E-state index contributed by atoms with van der Waals surface area (Å²) in [4.78, 5) is 27.1. The SMILES string of the molecule is CC(c1nc(N)nc(Nc2ccccc2)n1)N(C)CC(=O)Nc1ccccc1Br. The molecule has 0 saturated heterocycles. The van der Waals surface area contributed by atoms with Crippen molar-refractivity contribution >= 4 is 45.1 Å². The van der Waals surface area contributed by atoms with Gasteiger partial charge in [-0.05, 0) is 54.2 Å². The van der Waals surface area contributed by atoms with Gasteiger partial charge in [-0.25, -0.2) is 0 Å². The molecule has 0 aliphatic rings. The van der Waals surface area contributed by atoms with E-state index in [9.17, 15) is 4.79 Å². The monoisotopic (exact) mass is 455 g/mol. The topological polar surface area (TPSA) is 109 Å². The third-order valence-corrected chi connectivity index (χ3v) is 4.97. The fourth-order valence-electron chi connectivity index (χ4n) is 2.62. The number of nitrogens with zero attached hydrogens (tertiary/aromatic N) is 4. The van der Waals surface area contributed by atoms with Gasteiger partial charge in [-0.3, -0.25) is 9.69 Å². The van der Waals surface area contributed by atoms with Crippen molar-refractivity contribution in [2.75, 3.05) is 30.0 Å². The number of hydrogen-bond acceptors (Lipinski definition) is 7. The Morgan fingerprint density at radius 2 is 1.79 bits per heavy atom. The number of nitrogens with two attached hydrogens (primary N) is 1. The smallest absolute Gasteiger partial charge is 0.238 e. The third-order valence-electron chi connectivity index (χ3n) is 4.28. The number of rotatable bonds is 7. The zero-order valence-corrected chi connectivity index (χ0v) is 17.7. The van der Waals surface area contributed by atoms with Gasteiger partial charge in [0.2, 0.25) is 17.8 Å². The number of carbonyl (C=O) groups excluding carboxylic acids is 1. The summed E-state index contributed by atoms with van der Waals surface area (Å²) in [6.07, 6.45) is 0. The molecule has 0 spiro atoms. The zero-order valence-electron chi connectivity index (χ0n) is 16.1. The highest BCUT2D eigenvalue weighted by molar-refractivity contribution is 9.10. The maximum absolute atomic E-state index is 12.4. The first-order chi connectivity index (χ1) is 13.9. The molecule has 150 valence electrons. The quantitative estimate of drug-likeness (QED) is 0.499. The molecule has 0 fully saturated rings. The van der Waals surface area contributed by atoms with E-state index in [0.29, 0.717) is 11.8 Å². The standard InChI is InChI=1S/C20H22BrN7O/c1-13(28(2)12-17(29)24-16-11-7-6-10-15(16)21)18-25-19(22)27-20(26-18)23-14-8-4-3-5-9-14/h3-11,13H,12H2,1-2H3,(H,24,29)(H3,22,23,25,26,27). The summed E-state index contributed by atoms with van der Waals surface area (Å²) in [6, 6.07) is 16.8. The second kappa shape index (κ2) is 9.44. The average Bonchev–Trinajstić information content (AvgIpc) is 2.69. The molecular weight excluding hydrogens is 434 g/mol. The van der Waals surface area contributed by atoms with E-state index in [-0.39, 0.29) is 24.4 Å². The second-order valence-electron chi connectivity index (χ2n) is 6.49. The number of nitrogen functional groups attached to an aromatic ring is 1. The van der Waals surface area contributed by atoms with Crippen LogP contribution >= 0.6 is 15.9 Å². The molecule has 3 rings (SSSR count). The molecule has 0 bridgehead atoms. The van der Waals surface area contributed by atoms with Crippen molar-refractivity contribution in [1.29, 1.82) is 0 Å². The zero-order chi connectivity index (χ0) is 20.8. The van der Waals surface area contributed by atoms with Gasteiger partial charge in [-0.2, -0.15) is 15.0 Å². The van der Waals surface area contributed by atoms with Crippen LogP contribution < -0.4 is 16.4 Å². The van der Waals surface area contributed by atoms with Gasteiger partial charge in [0.1, 0.15) is 0 Å². The predicted octanol–water partition coefficient (Wildman–Crippen LogP) is 3.59. The van der Waals surface area contributed by atoms with Gasteiger partial charge in [0.15, 0.2) is 5.82 Å². The molecule has 2 aromatic carbocycles. The van der Waals surface area contributed by atoms with Gasteiger partial charge >= 0.3 is 0 Å². The second-order valence-corrected chi connectivity index (χ2v) is 7.34. The summed E-state index contributed by atoms with van der Waals surface area (Å²) in [7, 11) is 1.83. The number of hydrogen-bond donors (Lipinski definition) is 3. The van der Waals surface area contributed by atoms with Crippen LogP contribution in [0.4, 0.5) is 23.3 Å². The molecule has 4 N–H and O–H groups in total. The lowest BCUT2D eigenvalue weighted by molar-refractivity contribution is -0.117. The molecule has 29 heavy (non-hydrogen) atoms. The molecule has 3 aromatic rings. The molecule has 1 unspecified atom stereocenters. The Morgan fingerprint density at radius 1 is 1.10 bits per heavy atom. The van der Waals surface area contributed by atoms with Crippen LogP contribution in [0.2, 0.25) is 0 Å². The molecule has 0 radical (unpaired) electrons. The maximum atomic E-state index is 12.4. The van der Waals surface area contributed by atoms with E-state index in [1.54, 1.807) is 0 Å². The minimum atomic E-state index is -0.249. The molecule has 0 aliphatic carbocycles. The van der Waals surface area contributed by atoms with Gasteiger partial charge in [0.25, 0.3) is 0 Å². The van der Waals surface area contributed by atoms with Crippen LogP contribution in [0.3, 0.4) is 0 Å². The van der Waals surface area contributed by atoms with Crippen LogP contribution in [0.5, 0.6) is 0 Å². The summed E-state index contributed by atoms with van der Waals surface area (Å²) < 4.78 is 0.825. The molecule has 1 aromatic heterocycles. The van der Waals surface area contributed by atoms with E-state index < -0.39 is 0 Å². The molecule has 1 atom stereocenters. The largest absolute Gasteiger partial charge is 0.368 e. The van der Waals surface area contributed by atoms with Crippen molar-refractivity contribution < 1.29 is 4.79 Å². The Balaban J connectivity index is 1.68. The highest BCUT2D eigenvalue weighted by Gasteiger charge is 2.19. The van der Waals surface area contributed by atoms with Crippen molar-refractivity contribution in [3.05, 3.63) is 64.9 Å². The molecular formula is C20H22BrN7O. The van der Waals surface area contributed by atoms with Crippen LogP contribution in [0, 0.1) is 0 Å². The van der Waals surface area contributed by atoms with Crippen LogP contribution in [0.1, 0.15) is 18.8 Å². The van der Waals surface area contributed by atoms with Crippen molar-refractivity contribution in [2.24, 2.45) is 0 Å². The number of para-hydroxylation sites is 2. The van der Waals surface area contributed by atoms with Crippen molar-refractivity contribution in [2.45, 2.75) is 13.0 Å². The fourth-order valence-corrected chi connectivity index (χ4v) is 3.00. The lowest BCUT2D eigenvalue weighted by Crippen LogP contribution is -2.33. The van der Waals surface area contributed by atoms with E-state index in [0.717, 1.165) is 15.8 Å². The van der Waals surface area contributed by atoms with Crippen LogP contribution in [-0.4, -0.2) is 39.4 Å². The Labute approximate surface area is 177 Å². The van der Waals surface area contributed by atoms with Crippen LogP contribution in [0.25, 0.3) is 0 Å². The number of benzene rings is 2. The normalized spacial score (nSPS) is 11.9. The highest BCUT2D eigenvalue weighted by atomic mass is 79.9. The molecule has 1 heterocycles. The number of nitrogens with one attached hydrogen (secondary N) is 2. The van der Waals surface area contributed by atoms with Crippen molar-refractivity contribution in [3.63, 3.8) is 0 Å². The van der Waals surface area contributed by atoms with E-state index in [1.807, 2.05) is 73.5 Å². The van der Waals surface area contributed by atoms with Crippen LogP contribution in [0.15, 0.2) is 59.1 Å².